The van der Waals surface area contributed by atoms with Crippen molar-refractivity contribution in [3.05, 3.63) is 0 Å². The fourth-order valence-corrected chi connectivity index (χ4v) is 1.03. The summed E-state index contributed by atoms with van der Waals surface area (Å²) in [5.74, 6) is -3.35. The Morgan fingerprint density at radius 1 is 1.58 bits per heavy atom. The molecule has 1 aliphatic rings. The predicted molar refractivity (Wildman–Crippen MR) is 31.1 cm³/mol. The number of aliphatic hydroxyl groups is 1. The summed E-state index contributed by atoms with van der Waals surface area (Å²) in [6, 6.07) is 0. The summed E-state index contributed by atoms with van der Waals surface area (Å²) < 4.78 is 40.1. The zero-order chi connectivity index (χ0) is 9.35. The molecule has 12 heavy (non-hydrogen) atoms. The Balaban J connectivity index is 2.64. The molecule has 3 nitrogen and oxygen atoms in total. The number of cyclic esters (lactones) is 1. The number of aliphatic hydroxyl groups excluding tert-OH is 1. The summed E-state index contributed by atoms with van der Waals surface area (Å²) in [5, 5.41) is 8.42. The van der Waals surface area contributed by atoms with E-state index in [-0.39, 0.29) is 0 Å². The third kappa shape index (κ3) is 1.69. The van der Waals surface area contributed by atoms with Gasteiger partial charge in [0, 0.05) is 6.42 Å². The molecule has 0 amide bonds. The van der Waals surface area contributed by atoms with Gasteiger partial charge in [-0.05, 0) is 0 Å². The average molecular weight is 184 g/mol. The first-order valence-corrected chi connectivity index (χ1v) is 3.33. The fourth-order valence-electron chi connectivity index (χ4n) is 1.03. The van der Waals surface area contributed by atoms with Crippen LogP contribution in [0.25, 0.3) is 0 Å². The molecule has 1 unspecified atom stereocenters. The van der Waals surface area contributed by atoms with Crippen molar-refractivity contribution in [3.8, 4) is 0 Å². The summed E-state index contributed by atoms with van der Waals surface area (Å²) in [4.78, 5) is 10.5. The van der Waals surface area contributed by atoms with E-state index in [2.05, 4.69) is 4.74 Å². The topological polar surface area (TPSA) is 46.5 Å². The van der Waals surface area contributed by atoms with Crippen LogP contribution in [0.1, 0.15) is 6.42 Å². The van der Waals surface area contributed by atoms with Gasteiger partial charge in [0.15, 0.2) is 5.92 Å². The SMILES string of the molecule is O=C1O[C@H](CO)CC1C(F)(F)F. The van der Waals surface area contributed by atoms with Crippen LogP contribution in [-0.2, 0) is 9.53 Å². The molecule has 1 N–H and O–H groups in total. The molecule has 6 heteroatoms. The molecule has 70 valence electrons. The van der Waals surface area contributed by atoms with Gasteiger partial charge in [0.2, 0.25) is 0 Å². The van der Waals surface area contributed by atoms with Gasteiger partial charge in [-0.15, -0.1) is 0 Å². The van der Waals surface area contributed by atoms with Crippen LogP contribution in [0, 0.1) is 5.92 Å². The molecule has 1 rings (SSSR count). The van der Waals surface area contributed by atoms with Gasteiger partial charge in [0.25, 0.3) is 0 Å². The van der Waals surface area contributed by atoms with Gasteiger partial charge in [-0.25, -0.2) is 0 Å². The molecule has 0 saturated carbocycles. The number of rotatable bonds is 1. The molecule has 0 aliphatic carbocycles. The van der Waals surface area contributed by atoms with E-state index in [0.717, 1.165) is 0 Å². The average Bonchev–Trinajstić information content (AvgIpc) is 2.29. The van der Waals surface area contributed by atoms with Gasteiger partial charge in [-0.3, -0.25) is 4.79 Å². The molecule has 0 aromatic rings. The molecule has 1 fully saturated rings. The molecule has 0 spiro atoms. The largest absolute Gasteiger partial charge is 0.459 e. The second-order valence-corrected chi connectivity index (χ2v) is 2.57. The lowest BCUT2D eigenvalue weighted by atomic mass is 10.1. The second-order valence-electron chi connectivity index (χ2n) is 2.57. The van der Waals surface area contributed by atoms with Gasteiger partial charge in [-0.2, -0.15) is 13.2 Å². The molecule has 2 atom stereocenters. The molecule has 0 bridgehead atoms. The highest BCUT2D eigenvalue weighted by atomic mass is 19.4. The summed E-state index contributed by atoms with van der Waals surface area (Å²) in [7, 11) is 0. The number of carbonyl (C=O) groups is 1. The van der Waals surface area contributed by atoms with Crippen LogP contribution < -0.4 is 0 Å². The van der Waals surface area contributed by atoms with Crippen molar-refractivity contribution < 1.29 is 27.8 Å². The summed E-state index contributed by atoms with van der Waals surface area (Å²) in [5.41, 5.74) is 0. The maximum absolute atomic E-state index is 11.9. The van der Waals surface area contributed by atoms with E-state index in [1.165, 1.54) is 0 Å². The normalized spacial score (nSPS) is 30.5. The van der Waals surface area contributed by atoms with E-state index < -0.39 is 37.2 Å². The first-order valence-electron chi connectivity index (χ1n) is 3.33. The predicted octanol–water partition coefficient (Wildman–Crippen LogP) is 0.473. The van der Waals surface area contributed by atoms with Crippen LogP contribution in [-0.4, -0.2) is 30.0 Å². The van der Waals surface area contributed by atoms with E-state index in [1.54, 1.807) is 0 Å². The van der Waals surface area contributed by atoms with Crippen molar-refractivity contribution in [2.45, 2.75) is 18.7 Å². The fraction of sp³-hybridized carbons (Fsp3) is 0.833. The highest BCUT2D eigenvalue weighted by Crippen LogP contribution is 2.35. The number of hydrogen-bond acceptors (Lipinski definition) is 3. The lowest BCUT2D eigenvalue weighted by Crippen LogP contribution is -2.26. The Labute approximate surface area is 66.1 Å². The Hall–Kier alpha value is -0.780. The highest BCUT2D eigenvalue weighted by Gasteiger charge is 2.51. The number of carbonyl (C=O) groups excluding carboxylic acids is 1. The Morgan fingerprint density at radius 2 is 2.17 bits per heavy atom. The smallest absolute Gasteiger partial charge is 0.402 e. The molecular weight excluding hydrogens is 177 g/mol. The van der Waals surface area contributed by atoms with E-state index in [1.807, 2.05) is 0 Å². The maximum Gasteiger partial charge on any atom is 0.402 e. The lowest BCUT2D eigenvalue weighted by molar-refractivity contribution is -0.185. The molecule has 1 saturated heterocycles. The standard InChI is InChI=1S/C6H7F3O3/c7-6(8,9)4-1-3(2-10)12-5(4)11/h3-4,10H,1-2H2/t3-,4?/m0/s1. The number of ether oxygens (including phenoxy) is 1. The van der Waals surface area contributed by atoms with E-state index in [9.17, 15) is 18.0 Å². The van der Waals surface area contributed by atoms with Crippen LogP contribution in [0.4, 0.5) is 13.2 Å². The minimum Gasteiger partial charge on any atom is -0.459 e. The monoisotopic (exact) mass is 184 g/mol. The summed E-state index contributed by atoms with van der Waals surface area (Å²) >= 11 is 0. The Kier molecular flexibility index (Phi) is 2.27. The van der Waals surface area contributed by atoms with Crippen molar-refractivity contribution >= 4 is 5.97 Å². The zero-order valence-corrected chi connectivity index (χ0v) is 5.97. The molecule has 0 aromatic heterocycles. The van der Waals surface area contributed by atoms with Gasteiger partial charge in [0.1, 0.15) is 6.10 Å². The van der Waals surface area contributed by atoms with Gasteiger partial charge >= 0.3 is 12.1 Å². The van der Waals surface area contributed by atoms with E-state index in [0.29, 0.717) is 0 Å². The van der Waals surface area contributed by atoms with Crippen molar-refractivity contribution in [2.75, 3.05) is 6.61 Å². The van der Waals surface area contributed by atoms with Crippen LogP contribution in [0.3, 0.4) is 0 Å². The molecular formula is C6H7F3O3. The second kappa shape index (κ2) is 2.93. The van der Waals surface area contributed by atoms with Crippen LogP contribution in [0.15, 0.2) is 0 Å². The Bertz CT molecular complexity index is 189. The van der Waals surface area contributed by atoms with Crippen molar-refractivity contribution in [1.82, 2.24) is 0 Å². The zero-order valence-electron chi connectivity index (χ0n) is 5.97. The number of alkyl halides is 3. The van der Waals surface area contributed by atoms with Crippen LogP contribution >= 0.6 is 0 Å². The van der Waals surface area contributed by atoms with Crippen molar-refractivity contribution in [3.63, 3.8) is 0 Å². The first kappa shape index (κ1) is 9.31. The van der Waals surface area contributed by atoms with Gasteiger partial charge in [-0.1, -0.05) is 0 Å². The lowest BCUT2D eigenvalue weighted by Gasteiger charge is -2.08. The molecule has 0 radical (unpaired) electrons. The summed E-state index contributed by atoms with van der Waals surface area (Å²) in [6.07, 6.45) is -6.02. The highest BCUT2D eigenvalue weighted by molar-refractivity contribution is 5.75. The summed E-state index contributed by atoms with van der Waals surface area (Å²) in [6.45, 7) is -0.557. The Morgan fingerprint density at radius 3 is 2.42 bits per heavy atom. The maximum atomic E-state index is 11.9. The van der Waals surface area contributed by atoms with E-state index in [4.69, 9.17) is 5.11 Å². The van der Waals surface area contributed by atoms with Crippen molar-refractivity contribution in [1.29, 1.82) is 0 Å². The third-order valence-electron chi connectivity index (χ3n) is 1.66. The van der Waals surface area contributed by atoms with Crippen LogP contribution in [0.2, 0.25) is 0 Å². The number of esters is 1. The van der Waals surface area contributed by atoms with Crippen LogP contribution in [0.5, 0.6) is 0 Å². The number of hydrogen-bond donors (Lipinski definition) is 1. The van der Waals surface area contributed by atoms with Gasteiger partial charge in [0.05, 0.1) is 6.61 Å². The van der Waals surface area contributed by atoms with E-state index >= 15 is 0 Å². The molecule has 0 aromatic carbocycles. The number of halogens is 3. The quantitative estimate of drug-likeness (QED) is 0.602. The van der Waals surface area contributed by atoms with Crippen molar-refractivity contribution in [2.24, 2.45) is 5.92 Å². The first-order chi connectivity index (χ1) is 5.45. The molecule has 1 aliphatic heterocycles. The minimum atomic E-state index is -4.55. The van der Waals surface area contributed by atoms with Gasteiger partial charge < -0.3 is 9.84 Å². The third-order valence-corrected chi connectivity index (χ3v) is 1.66. The minimum absolute atomic E-state index is 0.473. The molecule has 1 heterocycles.